The number of ketones is 1. The Bertz CT molecular complexity index is 1120. The highest BCUT2D eigenvalue weighted by molar-refractivity contribution is 5.87. The van der Waals surface area contributed by atoms with Gasteiger partial charge in [0.15, 0.2) is 5.82 Å². The number of rotatable bonds is 4. The summed E-state index contributed by atoms with van der Waals surface area (Å²) in [5, 5.41) is 3.48. The number of anilines is 2. The van der Waals surface area contributed by atoms with Crippen LogP contribution < -0.4 is 5.32 Å². The van der Waals surface area contributed by atoms with Crippen molar-refractivity contribution >= 4 is 33.8 Å². The average Bonchev–Trinajstić information content (AvgIpc) is 3.08. The molecule has 0 spiro atoms. The van der Waals surface area contributed by atoms with Crippen molar-refractivity contribution in [3.05, 3.63) is 65.6 Å². The summed E-state index contributed by atoms with van der Waals surface area (Å²) >= 11 is 0. The molecule has 0 unspecified atom stereocenters. The average molecular weight is 344 g/mol. The van der Waals surface area contributed by atoms with Crippen LogP contribution in [0.3, 0.4) is 0 Å². The molecule has 0 radical (unpaired) electrons. The van der Waals surface area contributed by atoms with Gasteiger partial charge in [-0.15, -0.1) is 0 Å². The van der Waals surface area contributed by atoms with Gasteiger partial charge in [-0.1, -0.05) is 24.3 Å². The number of hydrogen-bond acceptors (Lipinski definition) is 4. The van der Waals surface area contributed by atoms with Crippen molar-refractivity contribution in [2.45, 2.75) is 27.2 Å². The van der Waals surface area contributed by atoms with Crippen molar-refractivity contribution in [3.63, 3.8) is 0 Å². The highest BCUT2D eigenvalue weighted by Crippen LogP contribution is 2.28. The molecule has 0 bridgehead atoms. The number of nitrogens with zero attached hydrogens (tertiary/aromatic N) is 3. The van der Waals surface area contributed by atoms with Gasteiger partial charge in [-0.3, -0.25) is 9.20 Å². The number of benzene rings is 2. The smallest absolute Gasteiger partial charge is 0.157 e. The van der Waals surface area contributed by atoms with Gasteiger partial charge in [0.05, 0.1) is 23.6 Å². The van der Waals surface area contributed by atoms with Crippen LogP contribution in [0.15, 0.2) is 48.9 Å². The maximum atomic E-state index is 11.4. The largest absolute Gasteiger partial charge is 0.338 e. The summed E-state index contributed by atoms with van der Waals surface area (Å²) in [6.07, 6.45) is 4.02. The van der Waals surface area contributed by atoms with Gasteiger partial charge in [-0.25, -0.2) is 9.97 Å². The number of Topliss-reactive ketones (excluding diaryl/α,β-unsaturated/α-hetero) is 1. The first kappa shape index (κ1) is 16.3. The lowest BCUT2D eigenvalue weighted by molar-refractivity contribution is -0.116. The normalized spacial score (nSPS) is 11.2. The lowest BCUT2D eigenvalue weighted by Crippen LogP contribution is -2.03. The van der Waals surface area contributed by atoms with Gasteiger partial charge in [0.25, 0.3) is 0 Å². The van der Waals surface area contributed by atoms with E-state index in [1.54, 1.807) is 19.4 Å². The van der Waals surface area contributed by atoms with Crippen LogP contribution in [-0.4, -0.2) is 20.2 Å². The number of carbonyl (C=O) groups is 1. The first-order valence-corrected chi connectivity index (χ1v) is 8.60. The molecular weight excluding hydrogens is 324 g/mol. The molecular formula is C21H20N4O. The van der Waals surface area contributed by atoms with Gasteiger partial charge in [0.2, 0.25) is 0 Å². The Morgan fingerprint density at radius 3 is 2.62 bits per heavy atom. The number of para-hydroxylation sites is 1. The van der Waals surface area contributed by atoms with Gasteiger partial charge < -0.3 is 5.32 Å². The van der Waals surface area contributed by atoms with E-state index in [-0.39, 0.29) is 5.78 Å². The third-order valence-corrected chi connectivity index (χ3v) is 4.59. The van der Waals surface area contributed by atoms with Crippen molar-refractivity contribution in [1.82, 2.24) is 14.4 Å². The Morgan fingerprint density at radius 1 is 1.12 bits per heavy atom. The number of hydrogen-bond donors (Lipinski definition) is 1. The van der Waals surface area contributed by atoms with Crippen molar-refractivity contribution in [3.8, 4) is 0 Å². The monoisotopic (exact) mass is 344 g/mol. The third-order valence-electron chi connectivity index (χ3n) is 4.59. The second-order valence-electron chi connectivity index (χ2n) is 6.70. The number of carbonyl (C=O) groups excluding carboxylic acids is 1. The van der Waals surface area contributed by atoms with E-state index in [9.17, 15) is 4.79 Å². The topological polar surface area (TPSA) is 59.3 Å². The summed E-state index contributed by atoms with van der Waals surface area (Å²) < 4.78 is 2.02. The molecule has 2 aromatic heterocycles. The first-order valence-electron chi connectivity index (χ1n) is 8.60. The minimum absolute atomic E-state index is 0.146. The molecule has 2 heterocycles. The zero-order valence-electron chi connectivity index (χ0n) is 15.1. The Morgan fingerprint density at radius 2 is 1.88 bits per heavy atom. The minimum Gasteiger partial charge on any atom is -0.338 e. The first-order chi connectivity index (χ1) is 12.5. The molecule has 5 nitrogen and oxygen atoms in total. The summed E-state index contributed by atoms with van der Waals surface area (Å²) in [6.45, 7) is 5.77. The molecule has 4 aromatic rings. The van der Waals surface area contributed by atoms with Crippen molar-refractivity contribution in [1.29, 1.82) is 0 Å². The Balaban J connectivity index is 1.88. The van der Waals surface area contributed by atoms with Crippen LogP contribution in [0.4, 0.5) is 11.5 Å². The van der Waals surface area contributed by atoms with Gasteiger partial charge in [0.1, 0.15) is 11.3 Å². The van der Waals surface area contributed by atoms with E-state index in [0.29, 0.717) is 6.42 Å². The minimum atomic E-state index is 0.146. The predicted molar refractivity (Wildman–Crippen MR) is 104 cm³/mol. The molecule has 0 aliphatic rings. The summed E-state index contributed by atoms with van der Waals surface area (Å²) in [5.41, 5.74) is 7.09. The number of nitrogens with one attached hydrogen (secondary N) is 1. The molecule has 0 atom stereocenters. The van der Waals surface area contributed by atoms with E-state index in [0.717, 1.165) is 33.6 Å². The van der Waals surface area contributed by atoms with Crippen LogP contribution in [0.5, 0.6) is 0 Å². The molecule has 5 heteroatoms. The Labute approximate surface area is 151 Å². The number of fused-ring (bicyclic) bond motifs is 3. The number of aryl methyl sites for hydroxylation is 2. The Hall–Kier alpha value is -3.21. The molecule has 2 aromatic carbocycles. The fourth-order valence-electron chi connectivity index (χ4n) is 3.32. The molecule has 130 valence electrons. The van der Waals surface area contributed by atoms with Crippen LogP contribution in [0, 0.1) is 13.8 Å². The van der Waals surface area contributed by atoms with E-state index in [4.69, 9.17) is 4.98 Å². The van der Waals surface area contributed by atoms with E-state index in [1.165, 1.54) is 11.1 Å². The SMILES string of the molecule is CC(=O)Cc1ccc2nc(Nc3c(C)cccc3C)c3cncn3c2c1. The second-order valence-corrected chi connectivity index (χ2v) is 6.70. The molecule has 4 rings (SSSR count). The zero-order chi connectivity index (χ0) is 18.3. The second kappa shape index (κ2) is 6.26. The molecule has 0 aliphatic carbocycles. The van der Waals surface area contributed by atoms with Crippen molar-refractivity contribution in [2.24, 2.45) is 0 Å². The lowest BCUT2D eigenvalue weighted by atomic mass is 10.1. The standard InChI is InChI=1S/C21H20N4O/c1-13-5-4-6-14(2)20(13)24-21-19-11-22-12-25(19)18-10-16(9-15(3)26)7-8-17(18)23-21/h4-8,10-12H,9H2,1-3H3,(H,23,24). The van der Waals surface area contributed by atoms with Gasteiger partial charge in [-0.05, 0) is 49.6 Å². The summed E-state index contributed by atoms with van der Waals surface area (Å²) in [4.78, 5) is 20.6. The number of aromatic nitrogens is 3. The van der Waals surface area contributed by atoms with Gasteiger partial charge in [-0.2, -0.15) is 0 Å². The van der Waals surface area contributed by atoms with Crippen LogP contribution in [0.25, 0.3) is 16.6 Å². The van der Waals surface area contributed by atoms with E-state index in [2.05, 4.69) is 42.3 Å². The quantitative estimate of drug-likeness (QED) is 0.597. The highest BCUT2D eigenvalue weighted by atomic mass is 16.1. The summed E-state index contributed by atoms with van der Waals surface area (Å²) in [5.74, 6) is 0.916. The summed E-state index contributed by atoms with van der Waals surface area (Å²) in [7, 11) is 0. The molecule has 0 saturated carbocycles. The van der Waals surface area contributed by atoms with Gasteiger partial charge in [0, 0.05) is 12.1 Å². The molecule has 0 saturated heterocycles. The van der Waals surface area contributed by atoms with E-state index in [1.807, 2.05) is 22.6 Å². The fraction of sp³-hybridized carbons (Fsp3) is 0.190. The van der Waals surface area contributed by atoms with Crippen molar-refractivity contribution < 1.29 is 4.79 Å². The predicted octanol–water partition coefficient (Wildman–Crippen LogP) is 4.37. The summed E-state index contributed by atoms with van der Waals surface area (Å²) in [6, 6.07) is 12.1. The number of imidazole rings is 1. The molecule has 26 heavy (non-hydrogen) atoms. The third kappa shape index (κ3) is 2.81. The van der Waals surface area contributed by atoms with Crippen molar-refractivity contribution in [2.75, 3.05) is 5.32 Å². The maximum Gasteiger partial charge on any atom is 0.157 e. The lowest BCUT2D eigenvalue weighted by Gasteiger charge is -2.14. The zero-order valence-corrected chi connectivity index (χ0v) is 15.1. The van der Waals surface area contributed by atoms with Gasteiger partial charge >= 0.3 is 0 Å². The fourth-order valence-corrected chi connectivity index (χ4v) is 3.32. The van der Waals surface area contributed by atoms with E-state index >= 15 is 0 Å². The highest BCUT2D eigenvalue weighted by Gasteiger charge is 2.12. The van der Waals surface area contributed by atoms with Crippen LogP contribution in [0.2, 0.25) is 0 Å². The van der Waals surface area contributed by atoms with E-state index < -0.39 is 0 Å². The van der Waals surface area contributed by atoms with Crippen LogP contribution in [-0.2, 0) is 11.2 Å². The molecule has 0 aliphatic heterocycles. The molecule has 0 fully saturated rings. The molecule has 1 N–H and O–H groups in total. The maximum absolute atomic E-state index is 11.4. The van der Waals surface area contributed by atoms with Crippen LogP contribution in [0.1, 0.15) is 23.6 Å². The van der Waals surface area contributed by atoms with Crippen LogP contribution >= 0.6 is 0 Å². The molecule has 0 amide bonds. The Kier molecular flexibility index (Phi) is 3.92.